The highest BCUT2D eigenvalue weighted by Gasteiger charge is 2.26. The lowest BCUT2D eigenvalue weighted by molar-refractivity contribution is 0.0593. The lowest BCUT2D eigenvalue weighted by atomic mass is 10.0. The summed E-state index contributed by atoms with van der Waals surface area (Å²) in [6.45, 7) is 6.47. The Hall–Kier alpha value is -1.88. The molecule has 2 rings (SSSR count). The summed E-state index contributed by atoms with van der Waals surface area (Å²) >= 11 is 0. The molecule has 0 atom stereocenters. The number of carbonyl (C=O) groups is 2. The van der Waals surface area contributed by atoms with Gasteiger partial charge >= 0.3 is 5.97 Å². The monoisotopic (exact) mass is 318 g/mol. The van der Waals surface area contributed by atoms with Gasteiger partial charge in [0.15, 0.2) is 0 Å². The fraction of sp³-hybridized carbons (Fsp3) is 0.556. The van der Waals surface area contributed by atoms with E-state index >= 15 is 0 Å². The van der Waals surface area contributed by atoms with Gasteiger partial charge in [-0.25, -0.2) is 4.79 Å². The second kappa shape index (κ2) is 7.59. The Labute approximate surface area is 138 Å². The highest BCUT2D eigenvalue weighted by Crippen LogP contribution is 2.19. The number of amides is 1. The Morgan fingerprint density at radius 1 is 1.13 bits per heavy atom. The van der Waals surface area contributed by atoms with E-state index in [1.165, 1.54) is 7.11 Å². The van der Waals surface area contributed by atoms with E-state index in [9.17, 15) is 9.59 Å². The summed E-state index contributed by atoms with van der Waals surface area (Å²) in [5, 5.41) is 0. The van der Waals surface area contributed by atoms with E-state index in [1.807, 2.05) is 11.9 Å². The second-order valence-corrected chi connectivity index (χ2v) is 6.35. The van der Waals surface area contributed by atoms with Crippen LogP contribution in [0.3, 0.4) is 0 Å². The third kappa shape index (κ3) is 4.10. The number of rotatable bonds is 4. The van der Waals surface area contributed by atoms with Crippen LogP contribution >= 0.6 is 0 Å². The van der Waals surface area contributed by atoms with Crippen molar-refractivity contribution >= 4 is 11.9 Å². The summed E-state index contributed by atoms with van der Waals surface area (Å²) in [6, 6.07) is 7.48. The highest BCUT2D eigenvalue weighted by atomic mass is 16.5. The second-order valence-electron chi connectivity index (χ2n) is 6.35. The third-order valence-electron chi connectivity index (χ3n) is 4.65. The summed E-state index contributed by atoms with van der Waals surface area (Å²) in [5.74, 6) is -0.386. The molecule has 1 aromatic rings. The largest absolute Gasteiger partial charge is 0.465 e. The maximum Gasteiger partial charge on any atom is 0.337 e. The van der Waals surface area contributed by atoms with E-state index in [0.29, 0.717) is 17.2 Å². The van der Waals surface area contributed by atoms with Crippen molar-refractivity contribution in [1.82, 2.24) is 9.80 Å². The van der Waals surface area contributed by atoms with Crippen molar-refractivity contribution in [3.8, 4) is 0 Å². The van der Waals surface area contributed by atoms with Gasteiger partial charge in [-0.2, -0.15) is 0 Å². The molecule has 0 unspecified atom stereocenters. The van der Waals surface area contributed by atoms with Crippen molar-refractivity contribution in [2.75, 3.05) is 27.2 Å². The average molecular weight is 318 g/mol. The quantitative estimate of drug-likeness (QED) is 0.800. The Balaban J connectivity index is 1.98. The van der Waals surface area contributed by atoms with Gasteiger partial charge in [-0.05, 0) is 51.0 Å². The number of hydrogen-bond donors (Lipinski definition) is 0. The first-order valence-electron chi connectivity index (χ1n) is 8.13. The van der Waals surface area contributed by atoms with E-state index in [-0.39, 0.29) is 11.9 Å². The zero-order valence-electron chi connectivity index (χ0n) is 14.4. The fourth-order valence-corrected chi connectivity index (χ4v) is 3.03. The van der Waals surface area contributed by atoms with Crippen molar-refractivity contribution in [2.24, 2.45) is 0 Å². The predicted octanol–water partition coefficient (Wildman–Crippen LogP) is 2.42. The summed E-state index contributed by atoms with van der Waals surface area (Å²) in [4.78, 5) is 28.3. The van der Waals surface area contributed by atoms with Crippen LogP contribution in [0.4, 0.5) is 0 Å². The summed E-state index contributed by atoms with van der Waals surface area (Å²) in [5.41, 5.74) is 1.06. The van der Waals surface area contributed by atoms with Crippen LogP contribution in [0.1, 0.15) is 47.4 Å². The van der Waals surface area contributed by atoms with Crippen molar-refractivity contribution in [3.63, 3.8) is 0 Å². The van der Waals surface area contributed by atoms with Crippen molar-refractivity contribution < 1.29 is 14.3 Å². The number of methoxy groups -OCH3 is 1. The van der Waals surface area contributed by atoms with Gasteiger partial charge in [0.2, 0.25) is 0 Å². The molecule has 1 fully saturated rings. The van der Waals surface area contributed by atoms with Crippen LogP contribution in [0.25, 0.3) is 0 Å². The Morgan fingerprint density at radius 3 is 2.13 bits per heavy atom. The maximum absolute atomic E-state index is 12.6. The molecule has 0 saturated carbocycles. The molecule has 0 radical (unpaired) electrons. The van der Waals surface area contributed by atoms with Crippen LogP contribution in [-0.4, -0.2) is 61.0 Å². The number of ether oxygens (including phenoxy) is 1. The molecule has 0 N–H and O–H groups in total. The fourth-order valence-electron chi connectivity index (χ4n) is 3.03. The van der Waals surface area contributed by atoms with Crippen molar-refractivity contribution in [3.05, 3.63) is 35.4 Å². The Kier molecular flexibility index (Phi) is 5.77. The van der Waals surface area contributed by atoms with Crippen LogP contribution < -0.4 is 0 Å². The highest BCUT2D eigenvalue weighted by molar-refractivity contribution is 5.96. The van der Waals surface area contributed by atoms with Gasteiger partial charge < -0.3 is 14.5 Å². The predicted molar refractivity (Wildman–Crippen MR) is 89.6 cm³/mol. The van der Waals surface area contributed by atoms with Gasteiger partial charge in [0.25, 0.3) is 5.91 Å². The zero-order chi connectivity index (χ0) is 17.0. The number of hydrogen-bond acceptors (Lipinski definition) is 4. The van der Waals surface area contributed by atoms with Crippen LogP contribution in [0.15, 0.2) is 24.3 Å². The van der Waals surface area contributed by atoms with E-state index in [2.05, 4.69) is 23.5 Å². The third-order valence-corrected chi connectivity index (χ3v) is 4.65. The molecule has 0 spiro atoms. The molecule has 5 nitrogen and oxygen atoms in total. The lowest BCUT2D eigenvalue weighted by Gasteiger charge is -2.38. The molecule has 0 aliphatic carbocycles. The standard InChI is InChI=1S/C18H26N2O3/c1-13(2)20-11-9-16(10-12-20)19(3)17(21)14-5-7-15(8-6-14)18(22)23-4/h5-8,13,16H,9-12H2,1-4H3. The minimum absolute atomic E-state index is 0.00409. The number of nitrogens with zero attached hydrogens (tertiary/aromatic N) is 2. The minimum atomic E-state index is -0.390. The number of esters is 1. The van der Waals surface area contributed by atoms with Crippen LogP contribution in [0.5, 0.6) is 0 Å². The van der Waals surface area contributed by atoms with E-state index in [0.717, 1.165) is 25.9 Å². The molecule has 1 aromatic carbocycles. The van der Waals surface area contributed by atoms with Gasteiger partial charge in [0, 0.05) is 37.8 Å². The van der Waals surface area contributed by atoms with Crippen LogP contribution in [0, 0.1) is 0 Å². The maximum atomic E-state index is 12.6. The van der Waals surface area contributed by atoms with Gasteiger partial charge in [-0.1, -0.05) is 0 Å². The SMILES string of the molecule is COC(=O)c1ccc(C(=O)N(C)C2CCN(C(C)C)CC2)cc1. The van der Waals surface area contributed by atoms with Crippen LogP contribution in [-0.2, 0) is 4.74 Å². The lowest BCUT2D eigenvalue weighted by Crippen LogP contribution is -2.47. The molecule has 23 heavy (non-hydrogen) atoms. The van der Waals surface area contributed by atoms with Gasteiger partial charge in [-0.3, -0.25) is 4.79 Å². The average Bonchev–Trinajstić information content (AvgIpc) is 2.60. The molecular weight excluding hydrogens is 292 g/mol. The molecule has 0 aromatic heterocycles. The molecule has 1 saturated heterocycles. The molecular formula is C18H26N2O3. The van der Waals surface area contributed by atoms with Gasteiger partial charge in [-0.15, -0.1) is 0 Å². The topological polar surface area (TPSA) is 49.9 Å². The molecule has 1 heterocycles. The first-order chi connectivity index (χ1) is 10.9. The molecule has 126 valence electrons. The van der Waals surface area contributed by atoms with Crippen molar-refractivity contribution in [2.45, 2.75) is 38.8 Å². The summed E-state index contributed by atoms with van der Waals surface area (Å²) < 4.78 is 4.67. The van der Waals surface area contributed by atoms with Gasteiger partial charge in [0.05, 0.1) is 12.7 Å². The number of benzene rings is 1. The molecule has 1 amide bonds. The summed E-state index contributed by atoms with van der Waals surface area (Å²) in [6.07, 6.45) is 2.00. The summed E-state index contributed by atoms with van der Waals surface area (Å²) in [7, 11) is 3.21. The number of likely N-dealkylation sites (tertiary alicyclic amines) is 1. The van der Waals surface area contributed by atoms with Gasteiger partial charge in [0.1, 0.15) is 0 Å². The van der Waals surface area contributed by atoms with E-state index < -0.39 is 5.97 Å². The molecule has 1 aliphatic rings. The Morgan fingerprint density at radius 2 is 1.65 bits per heavy atom. The number of carbonyl (C=O) groups excluding carboxylic acids is 2. The van der Waals surface area contributed by atoms with Crippen molar-refractivity contribution in [1.29, 1.82) is 0 Å². The van der Waals surface area contributed by atoms with E-state index in [1.54, 1.807) is 24.3 Å². The molecule has 0 bridgehead atoms. The normalized spacial score (nSPS) is 16.4. The van der Waals surface area contributed by atoms with Crippen LogP contribution in [0.2, 0.25) is 0 Å². The molecule has 5 heteroatoms. The molecule has 1 aliphatic heterocycles. The first kappa shape index (κ1) is 17.5. The first-order valence-corrected chi connectivity index (χ1v) is 8.13. The number of piperidine rings is 1. The smallest absolute Gasteiger partial charge is 0.337 e. The Bertz CT molecular complexity index is 546. The van der Waals surface area contributed by atoms with E-state index in [4.69, 9.17) is 0 Å². The minimum Gasteiger partial charge on any atom is -0.465 e. The zero-order valence-corrected chi connectivity index (χ0v) is 14.4.